The lowest BCUT2D eigenvalue weighted by Gasteiger charge is -2.33. The first kappa shape index (κ1) is 16.4. The molecule has 1 saturated heterocycles. The summed E-state index contributed by atoms with van der Waals surface area (Å²) in [5.74, 6) is 0.994. The predicted molar refractivity (Wildman–Crippen MR) is 92.4 cm³/mol. The van der Waals surface area contributed by atoms with E-state index in [1.54, 1.807) is 13.3 Å². The lowest BCUT2D eigenvalue weighted by molar-refractivity contribution is 0.459. The van der Waals surface area contributed by atoms with Gasteiger partial charge in [0.1, 0.15) is 12.1 Å². The average molecular weight is 355 g/mol. The molecule has 0 unspecified atom stereocenters. The Labute approximate surface area is 140 Å². The Balaban J connectivity index is 1.76. The van der Waals surface area contributed by atoms with Crippen LogP contribution in [0.4, 0.5) is 5.82 Å². The van der Waals surface area contributed by atoms with Gasteiger partial charge in [0.15, 0.2) is 0 Å². The molecule has 0 radical (unpaired) electrons. The van der Waals surface area contributed by atoms with Crippen molar-refractivity contribution in [2.24, 2.45) is 0 Å². The smallest absolute Gasteiger partial charge is 0.211 e. The van der Waals surface area contributed by atoms with Crippen molar-refractivity contribution < 1.29 is 8.42 Å². The molecule has 0 aliphatic carbocycles. The molecule has 124 valence electrons. The summed E-state index contributed by atoms with van der Waals surface area (Å²) in [6, 6.07) is 5.58. The number of aromatic nitrogens is 2. The number of fused-ring (bicyclic) bond motifs is 1. The summed E-state index contributed by atoms with van der Waals surface area (Å²) in [4.78, 5) is 10.8. The monoisotopic (exact) mass is 354 g/mol. The molecule has 1 aliphatic rings. The number of hydrogen-bond acceptors (Lipinski definition) is 5. The largest absolute Gasteiger partial charge is 0.356 e. The number of anilines is 1. The number of piperidine rings is 1. The van der Waals surface area contributed by atoms with Gasteiger partial charge in [-0.05, 0) is 38.0 Å². The zero-order valence-corrected chi connectivity index (χ0v) is 14.4. The van der Waals surface area contributed by atoms with E-state index in [2.05, 4.69) is 19.6 Å². The van der Waals surface area contributed by atoms with Crippen LogP contribution >= 0.6 is 11.6 Å². The number of nitrogens with one attached hydrogen (secondary N) is 1. The summed E-state index contributed by atoms with van der Waals surface area (Å²) in [6.07, 6.45) is 3.07. The van der Waals surface area contributed by atoms with Crippen LogP contribution in [0, 0.1) is 0 Å². The molecule has 0 bridgehead atoms. The van der Waals surface area contributed by atoms with Gasteiger partial charge < -0.3 is 4.90 Å². The Kier molecular flexibility index (Phi) is 4.70. The van der Waals surface area contributed by atoms with Crippen LogP contribution in [0.1, 0.15) is 19.8 Å². The Morgan fingerprint density at radius 1 is 1.30 bits per heavy atom. The van der Waals surface area contributed by atoms with Gasteiger partial charge >= 0.3 is 0 Å². The first-order chi connectivity index (χ1) is 11.0. The molecule has 3 rings (SSSR count). The second kappa shape index (κ2) is 6.59. The number of nitrogens with zero attached hydrogens (tertiary/aromatic N) is 3. The van der Waals surface area contributed by atoms with Crippen molar-refractivity contribution in [3.05, 3.63) is 29.5 Å². The highest BCUT2D eigenvalue weighted by molar-refractivity contribution is 7.89. The van der Waals surface area contributed by atoms with Crippen molar-refractivity contribution in [2.45, 2.75) is 25.8 Å². The van der Waals surface area contributed by atoms with Gasteiger partial charge in [0.05, 0.1) is 11.3 Å². The van der Waals surface area contributed by atoms with E-state index in [0.717, 1.165) is 42.7 Å². The fourth-order valence-corrected chi connectivity index (χ4v) is 3.89. The lowest BCUT2D eigenvalue weighted by atomic mass is 10.1. The highest BCUT2D eigenvalue weighted by atomic mass is 35.5. The van der Waals surface area contributed by atoms with Gasteiger partial charge in [0.2, 0.25) is 10.0 Å². The number of sulfonamides is 1. The minimum Gasteiger partial charge on any atom is -0.356 e. The summed E-state index contributed by atoms with van der Waals surface area (Å²) in [7, 11) is -3.15. The number of rotatable bonds is 4. The Bertz CT molecular complexity index is 804. The van der Waals surface area contributed by atoms with Gasteiger partial charge in [-0.25, -0.2) is 23.1 Å². The molecule has 1 aromatic carbocycles. The molecule has 6 nitrogen and oxygen atoms in total. The van der Waals surface area contributed by atoms with Gasteiger partial charge in [-0.2, -0.15) is 0 Å². The first-order valence-electron chi connectivity index (χ1n) is 7.64. The van der Waals surface area contributed by atoms with Crippen LogP contribution in [0.2, 0.25) is 5.02 Å². The Hall–Kier alpha value is -1.44. The molecule has 1 aromatic heterocycles. The minimum atomic E-state index is -3.15. The van der Waals surface area contributed by atoms with E-state index in [1.807, 2.05) is 18.2 Å². The SMILES string of the molecule is CCS(=O)(=O)NC1CCN(c2ncnc3cc(Cl)ccc23)CC1. The second-order valence-corrected chi connectivity index (χ2v) is 8.12. The molecule has 0 saturated carbocycles. The quantitative estimate of drug-likeness (QED) is 0.910. The van der Waals surface area contributed by atoms with E-state index in [0.29, 0.717) is 5.02 Å². The van der Waals surface area contributed by atoms with E-state index in [-0.39, 0.29) is 11.8 Å². The average Bonchev–Trinajstić information content (AvgIpc) is 2.54. The van der Waals surface area contributed by atoms with Crippen LogP contribution in [0.5, 0.6) is 0 Å². The predicted octanol–water partition coefficient (Wildman–Crippen LogP) is 2.19. The fraction of sp³-hybridized carbons (Fsp3) is 0.467. The molecule has 8 heteroatoms. The third kappa shape index (κ3) is 3.73. The summed E-state index contributed by atoms with van der Waals surface area (Å²) in [5.41, 5.74) is 0.816. The van der Waals surface area contributed by atoms with E-state index < -0.39 is 10.0 Å². The normalized spacial score (nSPS) is 16.9. The lowest BCUT2D eigenvalue weighted by Crippen LogP contribution is -2.45. The maximum atomic E-state index is 11.7. The van der Waals surface area contributed by atoms with Crippen molar-refractivity contribution in [3.63, 3.8) is 0 Å². The summed E-state index contributed by atoms with van der Waals surface area (Å²) >= 11 is 6.01. The van der Waals surface area contributed by atoms with Crippen LogP contribution in [-0.4, -0.2) is 43.3 Å². The zero-order chi connectivity index (χ0) is 16.4. The van der Waals surface area contributed by atoms with Crippen LogP contribution in [-0.2, 0) is 10.0 Å². The van der Waals surface area contributed by atoms with E-state index in [4.69, 9.17) is 11.6 Å². The number of benzene rings is 1. The molecule has 0 spiro atoms. The molecule has 0 atom stereocenters. The van der Waals surface area contributed by atoms with Crippen LogP contribution in [0.25, 0.3) is 10.9 Å². The zero-order valence-electron chi connectivity index (χ0n) is 12.9. The van der Waals surface area contributed by atoms with Gasteiger partial charge in [0.25, 0.3) is 0 Å². The Morgan fingerprint density at radius 2 is 2.04 bits per heavy atom. The molecule has 1 aliphatic heterocycles. The molecule has 2 aromatic rings. The maximum Gasteiger partial charge on any atom is 0.211 e. The molecular formula is C15H19ClN4O2S. The summed E-state index contributed by atoms with van der Waals surface area (Å²) in [5, 5.41) is 1.61. The van der Waals surface area contributed by atoms with Crippen molar-refractivity contribution in [1.82, 2.24) is 14.7 Å². The van der Waals surface area contributed by atoms with Crippen LogP contribution < -0.4 is 9.62 Å². The van der Waals surface area contributed by atoms with Crippen molar-refractivity contribution in [3.8, 4) is 0 Å². The maximum absolute atomic E-state index is 11.7. The molecule has 2 heterocycles. The Morgan fingerprint density at radius 3 is 2.74 bits per heavy atom. The minimum absolute atomic E-state index is 0.00116. The first-order valence-corrected chi connectivity index (χ1v) is 9.67. The summed E-state index contributed by atoms with van der Waals surface area (Å²) < 4.78 is 26.1. The highest BCUT2D eigenvalue weighted by Crippen LogP contribution is 2.27. The van der Waals surface area contributed by atoms with Crippen molar-refractivity contribution in [1.29, 1.82) is 0 Å². The second-order valence-electron chi connectivity index (χ2n) is 5.64. The molecule has 1 N–H and O–H groups in total. The summed E-state index contributed by atoms with van der Waals surface area (Å²) in [6.45, 7) is 3.16. The topological polar surface area (TPSA) is 75.2 Å². The fourth-order valence-electron chi connectivity index (χ4n) is 2.81. The van der Waals surface area contributed by atoms with Crippen molar-refractivity contribution >= 4 is 38.3 Å². The van der Waals surface area contributed by atoms with Crippen LogP contribution in [0.15, 0.2) is 24.5 Å². The molecule has 0 amide bonds. The van der Waals surface area contributed by atoms with Gasteiger partial charge in [-0.15, -0.1) is 0 Å². The molecule has 23 heavy (non-hydrogen) atoms. The van der Waals surface area contributed by atoms with E-state index in [1.165, 1.54) is 0 Å². The van der Waals surface area contributed by atoms with Gasteiger partial charge in [-0.3, -0.25) is 0 Å². The highest BCUT2D eigenvalue weighted by Gasteiger charge is 2.24. The molecule has 1 fully saturated rings. The van der Waals surface area contributed by atoms with E-state index >= 15 is 0 Å². The third-order valence-corrected chi connectivity index (χ3v) is 5.79. The third-order valence-electron chi connectivity index (χ3n) is 4.10. The van der Waals surface area contributed by atoms with Gasteiger partial charge in [-0.1, -0.05) is 11.6 Å². The van der Waals surface area contributed by atoms with E-state index in [9.17, 15) is 8.42 Å². The number of halogens is 1. The van der Waals surface area contributed by atoms with Crippen molar-refractivity contribution in [2.75, 3.05) is 23.7 Å². The number of hydrogen-bond donors (Lipinski definition) is 1. The molecular weight excluding hydrogens is 336 g/mol. The van der Waals surface area contributed by atoms with Gasteiger partial charge in [0, 0.05) is 29.5 Å². The van der Waals surface area contributed by atoms with Crippen LogP contribution in [0.3, 0.4) is 0 Å². The standard InChI is InChI=1S/C15H19ClN4O2S/c1-2-23(21,22)19-12-5-7-20(8-6-12)15-13-4-3-11(16)9-14(13)17-10-18-15/h3-4,9-10,12,19H,2,5-8H2,1H3.